The fourth-order valence-corrected chi connectivity index (χ4v) is 1.18. The molecule has 1 aliphatic heterocycles. The molecule has 0 unspecified atom stereocenters. The SMILES string of the molecule is CC1=CN([O-])C(C)(C)C1. The minimum atomic E-state index is -0.190. The third kappa shape index (κ3) is 1.08. The highest BCUT2D eigenvalue weighted by Gasteiger charge is 2.23. The molecule has 0 saturated carbocycles. The lowest BCUT2D eigenvalue weighted by Crippen LogP contribution is -2.31. The predicted molar refractivity (Wildman–Crippen MR) is 37.7 cm³/mol. The van der Waals surface area contributed by atoms with Crippen molar-refractivity contribution >= 4 is 0 Å². The van der Waals surface area contributed by atoms with Crippen molar-refractivity contribution in [1.29, 1.82) is 0 Å². The Balaban J connectivity index is 2.71. The van der Waals surface area contributed by atoms with Gasteiger partial charge in [-0.3, -0.25) is 0 Å². The smallest absolute Gasteiger partial charge is 0.0265 e. The molecule has 0 amide bonds. The van der Waals surface area contributed by atoms with Gasteiger partial charge in [0.2, 0.25) is 0 Å². The largest absolute Gasteiger partial charge is 0.758 e. The molecule has 2 heteroatoms. The van der Waals surface area contributed by atoms with Gasteiger partial charge in [0, 0.05) is 5.54 Å². The molecule has 52 valence electrons. The molecular weight excluding hydrogens is 114 g/mol. The van der Waals surface area contributed by atoms with Crippen LogP contribution in [0.3, 0.4) is 0 Å². The number of nitrogens with zero attached hydrogens (tertiary/aromatic N) is 1. The Morgan fingerprint density at radius 2 is 2.22 bits per heavy atom. The van der Waals surface area contributed by atoms with Gasteiger partial charge in [0.25, 0.3) is 0 Å². The van der Waals surface area contributed by atoms with Gasteiger partial charge in [0.05, 0.1) is 0 Å². The van der Waals surface area contributed by atoms with Crippen LogP contribution in [0.5, 0.6) is 0 Å². The van der Waals surface area contributed by atoms with Crippen molar-refractivity contribution in [3.05, 3.63) is 17.0 Å². The topological polar surface area (TPSA) is 26.3 Å². The molecule has 1 heterocycles. The summed E-state index contributed by atoms with van der Waals surface area (Å²) < 4.78 is 0. The molecule has 0 aliphatic carbocycles. The van der Waals surface area contributed by atoms with Crippen molar-refractivity contribution < 1.29 is 0 Å². The normalized spacial score (nSPS) is 24.4. The van der Waals surface area contributed by atoms with Crippen LogP contribution in [-0.2, 0) is 0 Å². The molecule has 0 saturated heterocycles. The molecular formula is C7H12NO-. The maximum Gasteiger partial charge on any atom is 0.0265 e. The summed E-state index contributed by atoms with van der Waals surface area (Å²) in [4.78, 5) is 0. The van der Waals surface area contributed by atoms with E-state index in [4.69, 9.17) is 0 Å². The molecule has 0 spiro atoms. The third-order valence-corrected chi connectivity index (χ3v) is 1.65. The van der Waals surface area contributed by atoms with Gasteiger partial charge in [0.1, 0.15) is 0 Å². The van der Waals surface area contributed by atoms with Gasteiger partial charge in [0.15, 0.2) is 0 Å². The van der Waals surface area contributed by atoms with Crippen molar-refractivity contribution in [3.8, 4) is 0 Å². The Labute approximate surface area is 55.7 Å². The molecule has 0 bridgehead atoms. The summed E-state index contributed by atoms with van der Waals surface area (Å²) in [6.45, 7) is 5.89. The lowest BCUT2D eigenvalue weighted by molar-refractivity contribution is 0.281. The second-order valence-electron chi connectivity index (χ2n) is 3.29. The third-order valence-electron chi connectivity index (χ3n) is 1.65. The summed E-state index contributed by atoms with van der Waals surface area (Å²) in [6.07, 6.45) is 2.57. The van der Waals surface area contributed by atoms with Gasteiger partial charge >= 0.3 is 0 Å². The van der Waals surface area contributed by atoms with Gasteiger partial charge in [-0.1, -0.05) is 5.57 Å². The molecule has 1 rings (SSSR count). The van der Waals surface area contributed by atoms with Gasteiger partial charge in [-0.25, -0.2) is 0 Å². The van der Waals surface area contributed by atoms with Crippen LogP contribution in [0, 0.1) is 5.21 Å². The van der Waals surface area contributed by atoms with Crippen LogP contribution in [0.4, 0.5) is 0 Å². The number of rotatable bonds is 0. The Hall–Kier alpha value is -0.500. The summed E-state index contributed by atoms with van der Waals surface area (Å²) >= 11 is 0. The summed E-state index contributed by atoms with van der Waals surface area (Å²) in [5, 5.41) is 12.0. The molecule has 0 atom stereocenters. The second kappa shape index (κ2) is 1.74. The van der Waals surface area contributed by atoms with Gasteiger partial charge in [-0.05, 0) is 33.4 Å². The standard InChI is InChI=1S/C7H12NO/c1-6-4-7(2,3)8(9)5-6/h5H,4H2,1-3H3/q-1. The number of hydroxylamine groups is 2. The highest BCUT2D eigenvalue weighted by Crippen LogP contribution is 2.29. The fraction of sp³-hybridized carbons (Fsp3) is 0.714. The molecule has 0 N–H and O–H groups in total. The molecule has 0 aromatic heterocycles. The van der Waals surface area contributed by atoms with Crippen molar-refractivity contribution in [1.82, 2.24) is 5.06 Å². The average Bonchev–Trinajstić information content (AvgIpc) is 1.79. The Bertz CT molecular complexity index is 149. The zero-order valence-electron chi connectivity index (χ0n) is 6.14. The maximum absolute atomic E-state index is 10.9. The van der Waals surface area contributed by atoms with E-state index in [1.54, 1.807) is 6.20 Å². The molecule has 0 fully saturated rings. The van der Waals surface area contributed by atoms with Gasteiger partial charge in [-0.2, -0.15) is 0 Å². The second-order valence-corrected chi connectivity index (χ2v) is 3.29. The van der Waals surface area contributed by atoms with Crippen LogP contribution in [0.25, 0.3) is 0 Å². The van der Waals surface area contributed by atoms with Gasteiger partial charge < -0.3 is 10.3 Å². The van der Waals surface area contributed by atoms with Gasteiger partial charge in [-0.15, -0.1) is 0 Å². The molecule has 0 aromatic carbocycles. The van der Waals surface area contributed by atoms with Crippen LogP contribution in [0.1, 0.15) is 27.2 Å². The first-order valence-corrected chi connectivity index (χ1v) is 3.16. The lowest BCUT2D eigenvalue weighted by atomic mass is 10.0. The van der Waals surface area contributed by atoms with Crippen molar-refractivity contribution in [2.24, 2.45) is 0 Å². The van der Waals surface area contributed by atoms with Crippen molar-refractivity contribution in [2.45, 2.75) is 32.7 Å². The van der Waals surface area contributed by atoms with E-state index in [9.17, 15) is 5.21 Å². The molecule has 9 heavy (non-hydrogen) atoms. The average molecular weight is 126 g/mol. The minimum absolute atomic E-state index is 0.190. The van der Waals surface area contributed by atoms with E-state index in [-0.39, 0.29) is 5.54 Å². The molecule has 2 nitrogen and oxygen atoms in total. The van der Waals surface area contributed by atoms with Crippen LogP contribution >= 0.6 is 0 Å². The first-order chi connectivity index (χ1) is 4.02. The zero-order chi connectivity index (χ0) is 7.07. The van der Waals surface area contributed by atoms with Crippen LogP contribution in [-0.4, -0.2) is 10.6 Å². The quantitative estimate of drug-likeness (QED) is 0.495. The highest BCUT2D eigenvalue weighted by atomic mass is 16.5. The van der Waals surface area contributed by atoms with E-state index in [0.717, 1.165) is 11.5 Å². The first-order valence-electron chi connectivity index (χ1n) is 3.16. The lowest BCUT2D eigenvalue weighted by Gasteiger charge is -2.38. The summed E-state index contributed by atoms with van der Waals surface area (Å²) in [5.41, 5.74) is 0.986. The molecule has 0 aromatic rings. The Kier molecular flexibility index (Phi) is 1.28. The van der Waals surface area contributed by atoms with Crippen molar-refractivity contribution in [3.63, 3.8) is 0 Å². The first kappa shape index (κ1) is 6.62. The summed E-state index contributed by atoms with van der Waals surface area (Å²) in [6, 6.07) is 0. The summed E-state index contributed by atoms with van der Waals surface area (Å²) in [7, 11) is 0. The van der Waals surface area contributed by atoms with Crippen LogP contribution in [0.15, 0.2) is 11.8 Å². The van der Waals surface area contributed by atoms with E-state index < -0.39 is 0 Å². The van der Waals surface area contributed by atoms with E-state index in [1.165, 1.54) is 5.57 Å². The maximum atomic E-state index is 10.9. The highest BCUT2D eigenvalue weighted by molar-refractivity contribution is 5.13. The molecule has 1 aliphatic rings. The Morgan fingerprint density at radius 3 is 2.33 bits per heavy atom. The number of hydrogen-bond donors (Lipinski definition) is 0. The van der Waals surface area contributed by atoms with E-state index in [0.29, 0.717) is 0 Å². The fourth-order valence-electron chi connectivity index (χ4n) is 1.18. The zero-order valence-corrected chi connectivity index (χ0v) is 6.14. The molecule has 0 radical (unpaired) electrons. The minimum Gasteiger partial charge on any atom is -0.758 e. The number of hydrogen-bond acceptors (Lipinski definition) is 2. The monoisotopic (exact) mass is 126 g/mol. The van der Waals surface area contributed by atoms with E-state index in [2.05, 4.69) is 0 Å². The van der Waals surface area contributed by atoms with Crippen molar-refractivity contribution in [2.75, 3.05) is 0 Å². The van der Waals surface area contributed by atoms with Crippen LogP contribution < -0.4 is 0 Å². The Morgan fingerprint density at radius 1 is 1.67 bits per heavy atom. The predicted octanol–water partition coefficient (Wildman–Crippen LogP) is 1.87. The summed E-state index contributed by atoms with van der Waals surface area (Å²) in [5.74, 6) is 0. The van der Waals surface area contributed by atoms with Crippen LogP contribution in [0.2, 0.25) is 0 Å². The van der Waals surface area contributed by atoms with E-state index in [1.807, 2.05) is 20.8 Å². The van der Waals surface area contributed by atoms with E-state index >= 15 is 0 Å².